The first-order valence-electron chi connectivity index (χ1n) is 4.21. The van der Waals surface area contributed by atoms with Crippen LogP contribution in [0.4, 0.5) is 0 Å². The summed E-state index contributed by atoms with van der Waals surface area (Å²) >= 11 is 0. The average molecular weight is 155 g/mol. The molecule has 2 bridgehead atoms. The molecule has 0 radical (unpaired) electrons. The van der Waals surface area contributed by atoms with E-state index in [4.69, 9.17) is 5.11 Å². The molecule has 2 fully saturated rings. The zero-order chi connectivity index (χ0) is 7.84. The topological polar surface area (TPSA) is 40.5 Å². The van der Waals surface area contributed by atoms with E-state index in [2.05, 4.69) is 4.90 Å². The molecule has 0 aromatic rings. The lowest BCUT2D eigenvalue weighted by molar-refractivity contribution is -0.138. The van der Waals surface area contributed by atoms with Crippen molar-refractivity contribution in [2.75, 3.05) is 13.1 Å². The van der Waals surface area contributed by atoms with Gasteiger partial charge in [0.1, 0.15) is 0 Å². The van der Waals surface area contributed by atoms with Crippen LogP contribution in [0.15, 0.2) is 0 Å². The fraction of sp³-hybridized carbons (Fsp3) is 0.875. The van der Waals surface area contributed by atoms with Crippen molar-refractivity contribution in [1.82, 2.24) is 4.90 Å². The highest BCUT2D eigenvalue weighted by atomic mass is 16.4. The van der Waals surface area contributed by atoms with E-state index in [0.717, 1.165) is 12.5 Å². The number of piperidine rings is 1. The summed E-state index contributed by atoms with van der Waals surface area (Å²) in [5.41, 5.74) is 0. The van der Waals surface area contributed by atoms with Crippen molar-refractivity contribution in [1.29, 1.82) is 0 Å². The Morgan fingerprint density at radius 1 is 1.55 bits per heavy atom. The van der Waals surface area contributed by atoms with E-state index in [-0.39, 0.29) is 6.54 Å². The first kappa shape index (κ1) is 7.10. The van der Waals surface area contributed by atoms with E-state index in [9.17, 15) is 4.79 Å². The summed E-state index contributed by atoms with van der Waals surface area (Å²) < 4.78 is 0. The van der Waals surface area contributed by atoms with Crippen molar-refractivity contribution < 1.29 is 9.90 Å². The van der Waals surface area contributed by atoms with Crippen LogP contribution >= 0.6 is 0 Å². The van der Waals surface area contributed by atoms with Gasteiger partial charge < -0.3 is 5.11 Å². The van der Waals surface area contributed by atoms with Gasteiger partial charge in [-0.3, -0.25) is 9.69 Å². The maximum absolute atomic E-state index is 10.4. The number of aliphatic carboxylic acids is 1. The van der Waals surface area contributed by atoms with E-state index < -0.39 is 5.97 Å². The highest BCUT2D eigenvalue weighted by molar-refractivity contribution is 5.69. The number of nitrogens with zero attached hydrogens (tertiary/aromatic N) is 1. The molecule has 1 aliphatic carbocycles. The molecule has 0 aromatic heterocycles. The van der Waals surface area contributed by atoms with Crippen LogP contribution in [0.3, 0.4) is 0 Å². The van der Waals surface area contributed by atoms with Gasteiger partial charge in [0, 0.05) is 12.6 Å². The first-order chi connectivity index (χ1) is 5.25. The summed E-state index contributed by atoms with van der Waals surface area (Å²) in [6.07, 6.45) is 3.78. The molecule has 62 valence electrons. The molecule has 1 saturated carbocycles. The molecule has 2 atom stereocenters. The lowest BCUT2D eigenvalue weighted by Gasteiger charge is -2.24. The number of fused-ring (bicyclic) bond motifs is 2. The van der Waals surface area contributed by atoms with E-state index in [1.807, 2.05) is 0 Å². The Hall–Kier alpha value is -0.570. The number of likely N-dealkylation sites (tertiary alicyclic amines) is 1. The Bertz CT molecular complexity index is 181. The number of carboxylic acid groups (broad SMARTS) is 1. The van der Waals surface area contributed by atoms with Crippen LogP contribution in [-0.2, 0) is 4.79 Å². The Kier molecular flexibility index (Phi) is 1.60. The summed E-state index contributed by atoms with van der Waals surface area (Å²) in [7, 11) is 0. The molecule has 0 amide bonds. The van der Waals surface area contributed by atoms with Gasteiger partial charge >= 0.3 is 5.97 Å². The Labute approximate surface area is 66.0 Å². The van der Waals surface area contributed by atoms with Crippen LogP contribution in [0, 0.1) is 5.92 Å². The van der Waals surface area contributed by atoms with Crippen LogP contribution < -0.4 is 0 Å². The number of rotatable bonds is 2. The average Bonchev–Trinajstić information content (AvgIpc) is 2.45. The fourth-order valence-corrected chi connectivity index (χ4v) is 2.39. The summed E-state index contributed by atoms with van der Waals surface area (Å²) in [6.45, 7) is 1.28. The second-order valence-electron chi connectivity index (χ2n) is 3.66. The molecule has 3 nitrogen and oxygen atoms in total. The van der Waals surface area contributed by atoms with Gasteiger partial charge in [-0.15, -0.1) is 0 Å². The normalized spacial score (nSPS) is 36.4. The number of carbonyl (C=O) groups is 1. The maximum atomic E-state index is 10.4. The molecule has 3 heteroatoms. The SMILES string of the molecule is O=C(O)CN1C[C@@H]2CCC1C2. The molecule has 0 spiro atoms. The zero-order valence-electron chi connectivity index (χ0n) is 6.49. The third-order valence-corrected chi connectivity index (χ3v) is 2.86. The Morgan fingerprint density at radius 3 is 2.82 bits per heavy atom. The summed E-state index contributed by atoms with van der Waals surface area (Å²) in [6, 6.07) is 0.594. The van der Waals surface area contributed by atoms with Gasteiger partial charge in [-0.1, -0.05) is 0 Å². The molecule has 2 rings (SSSR count). The standard InChI is InChI=1S/C8H13NO2/c10-8(11)5-9-4-6-1-2-7(9)3-6/h6-7H,1-5H2,(H,10,11)/t6-,7?/m1/s1. The van der Waals surface area contributed by atoms with E-state index >= 15 is 0 Å². The van der Waals surface area contributed by atoms with Gasteiger partial charge in [0.15, 0.2) is 0 Å². The minimum atomic E-state index is -0.683. The summed E-state index contributed by atoms with van der Waals surface area (Å²) in [4.78, 5) is 12.5. The molecule has 1 saturated heterocycles. The van der Waals surface area contributed by atoms with E-state index in [1.54, 1.807) is 0 Å². The molecular formula is C8H13NO2. The third-order valence-electron chi connectivity index (χ3n) is 2.86. The van der Waals surface area contributed by atoms with Crippen LogP contribution in [-0.4, -0.2) is 35.1 Å². The molecule has 0 aromatic carbocycles. The molecule has 11 heavy (non-hydrogen) atoms. The minimum absolute atomic E-state index is 0.251. The van der Waals surface area contributed by atoms with Gasteiger partial charge in [-0.05, 0) is 25.2 Å². The van der Waals surface area contributed by atoms with Crippen molar-refractivity contribution in [2.45, 2.75) is 25.3 Å². The molecule has 1 unspecified atom stereocenters. The minimum Gasteiger partial charge on any atom is -0.480 e. The molecule has 2 aliphatic rings. The lowest BCUT2D eigenvalue weighted by atomic mass is 10.1. The van der Waals surface area contributed by atoms with Gasteiger partial charge in [0.25, 0.3) is 0 Å². The van der Waals surface area contributed by atoms with Crippen molar-refractivity contribution in [3.63, 3.8) is 0 Å². The highest BCUT2D eigenvalue weighted by Gasteiger charge is 2.38. The quantitative estimate of drug-likeness (QED) is 0.633. The number of hydrogen-bond donors (Lipinski definition) is 1. The third kappa shape index (κ3) is 1.25. The van der Waals surface area contributed by atoms with Gasteiger partial charge in [0.05, 0.1) is 6.54 Å². The van der Waals surface area contributed by atoms with Gasteiger partial charge in [-0.25, -0.2) is 0 Å². The monoisotopic (exact) mass is 155 g/mol. The molecule has 1 heterocycles. The Morgan fingerprint density at radius 2 is 2.36 bits per heavy atom. The van der Waals surface area contributed by atoms with Crippen LogP contribution in [0.25, 0.3) is 0 Å². The second-order valence-corrected chi connectivity index (χ2v) is 3.66. The van der Waals surface area contributed by atoms with Crippen LogP contribution in [0.1, 0.15) is 19.3 Å². The van der Waals surface area contributed by atoms with Crippen molar-refractivity contribution in [3.8, 4) is 0 Å². The Balaban J connectivity index is 1.92. The van der Waals surface area contributed by atoms with Gasteiger partial charge in [0.2, 0.25) is 0 Å². The molecular weight excluding hydrogens is 142 g/mol. The second kappa shape index (κ2) is 2.48. The zero-order valence-corrected chi connectivity index (χ0v) is 6.49. The molecule has 1 aliphatic heterocycles. The molecule has 1 N–H and O–H groups in total. The maximum Gasteiger partial charge on any atom is 0.317 e. The van der Waals surface area contributed by atoms with Gasteiger partial charge in [-0.2, -0.15) is 0 Å². The van der Waals surface area contributed by atoms with Crippen LogP contribution in [0.5, 0.6) is 0 Å². The van der Waals surface area contributed by atoms with Crippen molar-refractivity contribution in [2.24, 2.45) is 5.92 Å². The smallest absolute Gasteiger partial charge is 0.317 e. The van der Waals surface area contributed by atoms with E-state index in [0.29, 0.717) is 6.04 Å². The summed E-state index contributed by atoms with van der Waals surface area (Å²) in [5.74, 6) is 0.122. The van der Waals surface area contributed by atoms with Crippen LogP contribution in [0.2, 0.25) is 0 Å². The first-order valence-corrected chi connectivity index (χ1v) is 4.21. The predicted octanol–water partition coefficient (Wildman–Crippen LogP) is 0.555. The van der Waals surface area contributed by atoms with Crippen molar-refractivity contribution in [3.05, 3.63) is 0 Å². The highest BCUT2D eigenvalue weighted by Crippen LogP contribution is 2.36. The van der Waals surface area contributed by atoms with Crippen molar-refractivity contribution >= 4 is 5.97 Å². The number of carboxylic acids is 1. The lowest BCUT2D eigenvalue weighted by Crippen LogP contribution is -2.36. The number of hydrogen-bond acceptors (Lipinski definition) is 2. The fourth-order valence-electron chi connectivity index (χ4n) is 2.39. The van der Waals surface area contributed by atoms with E-state index in [1.165, 1.54) is 19.3 Å². The summed E-state index contributed by atoms with van der Waals surface area (Å²) in [5, 5.41) is 8.56. The largest absolute Gasteiger partial charge is 0.480 e. The predicted molar refractivity (Wildman–Crippen MR) is 40.3 cm³/mol.